The van der Waals surface area contributed by atoms with Crippen LogP contribution in [0, 0.1) is 23.7 Å². The molecule has 6 heteroatoms. The van der Waals surface area contributed by atoms with E-state index in [1.54, 1.807) is 4.31 Å². The van der Waals surface area contributed by atoms with Gasteiger partial charge in [0, 0.05) is 32.2 Å². The number of fused-ring (bicyclic) bond motifs is 5. The van der Waals surface area contributed by atoms with Crippen molar-refractivity contribution in [2.75, 3.05) is 26.2 Å². The predicted molar refractivity (Wildman–Crippen MR) is 77.3 cm³/mol. The summed E-state index contributed by atoms with van der Waals surface area (Å²) in [6.45, 7) is 2.73. The number of nitrogens with zero attached hydrogens (tertiary/aromatic N) is 1. The minimum absolute atomic E-state index is 0.208. The van der Waals surface area contributed by atoms with Crippen molar-refractivity contribution in [3.05, 3.63) is 0 Å². The molecule has 4 aliphatic rings. The van der Waals surface area contributed by atoms with E-state index in [1.165, 1.54) is 25.7 Å². The lowest BCUT2D eigenvalue weighted by molar-refractivity contribution is 0.221. The Hall–Kier alpha value is -0.170. The van der Waals surface area contributed by atoms with E-state index in [1.807, 2.05) is 0 Å². The van der Waals surface area contributed by atoms with Crippen molar-refractivity contribution < 1.29 is 8.42 Å². The summed E-state index contributed by atoms with van der Waals surface area (Å²) in [5.41, 5.74) is 0. The summed E-state index contributed by atoms with van der Waals surface area (Å²) >= 11 is 0. The van der Waals surface area contributed by atoms with Crippen LogP contribution in [0.25, 0.3) is 0 Å². The lowest BCUT2D eigenvalue weighted by atomic mass is 9.79. The molecule has 5 unspecified atom stereocenters. The van der Waals surface area contributed by atoms with E-state index in [4.69, 9.17) is 0 Å². The fourth-order valence-electron chi connectivity index (χ4n) is 5.35. The van der Waals surface area contributed by atoms with E-state index in [0.29, 0.717) is 19.0 Å². The van der Waals surface area contributed by atoms with Gasteiger partial charge in [-0.1, -0.05) is 6.42 Å². The number of hydrogen-bond donors (Lipinski definition) is 2. The minimum Gasteiger partial charge on any atom is -0.314 e. The third kappa shape index (κ3) is 2.12. The first-order valence-electron chi connectivity index (χ1n) is 8.13. The van der Waals surface area contributed by atoms with Gasteiger partial charge in [-0.3, -0.25) is 0 Å². The molecule has 0 aromatic rings. The molecule has 0 aromatic heterocycles. The van der Waals surface area contributed by atoms with Crippen molar-refractivity contribution in [3.8, 4) is 0 Å². The van der Waals surface area contributed by atoms with Crippen molar-refractivity contribution in [1.29, 1.82) is 0 Å². The molecule has 0 spiro atoms. The fraction of sp³-hybridized carbons (Fsp3) is 1.00. The first kappa shape index (κ1) is 13.5. The quantitative estimate of drug-likeness (QED) is 0.800. The Morgan fingerprint density at radius 3 is 2.55 bits per heavy atom. The largest absolute Gasteiger partial charge is 0.314 e. The molecular formula is C14H25N3O2S. The molecule has 2 bridgehead atoms. The van der Waals surface area contributed by atoms with E-state index in [-0.39, 0.29) is 6.04 Å². The van der Waals surface area contributed by atoms with Gasteiger partial charge < -0.3 is 5.32 Å². The number of piperazine rings is 1. The van der Waals surface area contributed by atoms with Gasteiger partial charge in [0.1, 0.15) is 0 Å². The molecule has 20 heavy (non-hydrogen) atoms. The van der Waals surface area contributed by atoms with Gasteiger partial charge in [0.15, 0.2) is 0 Å². The Kier molecular flexibility index (Phi) is 3.33. The molecule has 2 N–H and O–H groups in total. The van der Waals surface area contributed by atoms with Crippen LogP contribution < -0.4 is 10.0 Å². The van der Waals surface area contributed by atoms with Crippen LogP contribution in [0.2, 0.25) is 0 Å². The number of rotatable bonds is 3. The van der Waals surface area contributed by atoms with Gasteiger partial charge >= 0.3 is 0 Å². The number of hydrogen-bond acceptors (Lipinski definition) is 3. The van der Waals surface area contributed by atoms with Crippen molar-refractivity contribution in [2.24, 2.45) is 23.7 Å². The van der Waals surface area contributed by atoms with Crippen molar-refractivity contribution in [2.45, 2.75) is 38.1 Å². The Morgan fingerprint density at radius 1 is 1.00 bits per heavy atom. The molecule has 3 saturated carbocycles. The summed E-state index contributed by atoms with van der Waals surface area (Å²) in [7, 11) is -3.27. The van der Waals surface area contributed by atoms with Crippen LogP contribution >= 0.6 is 0 Å². The first-order chi connectivity index (χ1) is 9.65. The lowest BCUT2D eigenvalue weighted by Gasteiger charge is -2.34. The Balaban J connectivity index is 1.45. The average Bonchev–Trinajstić information content (AvgIpc) is 3.10. The van der Waals surface area contributed by atoms with E-state index in [9.17, 15) is 8.42 Å². The van der Waals surface area contributed by atoms with E-state index in [0.717, 1.165) is 37.3 Å². The van der Waals surface area contributed by atoms with Crippen LogP contribution in [0.5, 0.6) is 0 Å². The normalized spacial score (nSPS) is 44.9. The zero-order chi connectivity index (χ0) is 13.7. The first-order valence-corrected chi connectivity index (χ1v) is 9.57. The monoisotopic (exact) mass is 299 g/mol. The Morgan fingerprint density at radius 2 is 1.75 bits per heavy atom. The Labute approximate surface area is 121 Å². The number of nitrogens with one attached hydrogen (secondary N) is 2. The third-order valence-electron chi connectivity index (χ3n) is 6.14. The second kappa shape index (κ2) is 4.93. The van der Waals surface area contributed by atoms with Gasteiger partial charge in [0.05, 0.1) is 0 Å². The summed E-state index contributed by atoms with van der Waals surface area (Å²) in [6.07, 6.45) is 6.43. The van der Waals surface area contributed by atoms with Crippen LogP contribution in [0.4, 0.5) is 0 Å². The van der Waals surface area contributed by atoms with Gasteiger partial charge in [-0.05, 0) is 49.4 Å². The molecule has 0 amide bonds. The van der Waals surface area contributed by atoms with Gasteiger partial charge in [0.25, 0.3) is 10.2 Å². The molecule has 0 aromatic carbocycles. The van der Waals surface area contributed by atoms with E-state index < -0.39 is 10.2 Å². The van der Waals surface area contributed by atoms with Crippen LogP contribution in [0.3, 0.4) is 0 Å². The van der Waals surface area contributed by atoms with Gasteiger partial charge in [-0.15, -0.1) is 0 Å². The highest BCUT2D eigenvalue weighted by Gasteiger charge is 2.54. The van der Waals surface area contributed by atoms with Gasteiger partial charge in [-0.2, -0.15) is 17.4 Å². The lowest BCUT2D eigenvalue weighted by Crippen LogP contribution is -2.54. The molecule has 4 rings (SSSR count). The molecule has 114 valence electrons. The molecule has 5 nitrogen and oxygen atoms in total. The minimum atomic E-state index is -3.27. The summed E-state index contributed by atoms with van der Waals surface area (Å²) in [6, 6.07) is 0.208. The predicted octanol–water partition coefficient (Wildman–Crippen LogP) is 0.551. The average molecular weight is 299 g/mol. The van der Waals surface area contributed by atoms with Crippen LogP contribution in [0.1, 0.15) is 32.1 Å². The smallest absolute Gasteiger partial charge is 0.279 e. The Bertz CT molecular complexity index is 475. The molecule has 1 heterocycles. The molecular weight excluding hydrogens is 274 g/mol. The molecule has 4 fully saturated rings. The topological polar surface area (TPSA) is 61.4 Å². The zero-order valence-corrected chi connectivity index (χ0v) is 12.7. The highest BCUT2D eigenvalue weighted by Crippen LogP contribution is 2.58. The summed E-state index contributed by atoms with van der Waals surface area (Å²) in [5, 5.41) is 3.20. The van der Waals surface area contributed by atoms with Gasteiger partial charge in [-0.25, -0.2) is 0 Å². The zero-order valence-electron chi connectivity index (χ0n) is 11.9. The summed E-state index contributed by atoms with van der Waals surface area (Å²) in [4.78, 5) is 0. The maximum absolute atomic E-state index is 12.5. The standard InChI is InChI=1S/C14H25N3O2S/c18-20(19,17-6-4-15-5-7-17)16-14-9-10-8-13(14)12-3-1-2-11(10)12/h10-16H,1-9H2. The third-order valence-corrected chi connectivity index (χ3v) is 7.79. The molecule has 1 saturated heterocycles. The van der Waals surface area contributed by atoms with Gasteiger partial charge in [0.2, 0.25) is 0 Å². The molecule has 0 radical (unpaired) electrons. The SMILES string of the molecule is O=S(=O)(NC1CC2CC1C1CCCC21)N1CCNCC1. The summed E-state index contributed by atoms with van der Waals surface area (Å²) in [5.74, 6) is 3.14. The van der Waals surface area contributed by atoms with Crippen LogP contribution in [-0.4, -0.2) is 44.9 Å². The van der Waals surface area contributed by atoms with Crippen molar-refractivity contribution in [3.63, 3.8) is 0 Å². The van der Waals surface area contributed by atoms with Crippen LogP contribution in [-0.2, 0) is 10.2 Å². The highest BCUT2D eigenvalue weighted by molar-refractivity contribution is 7.87. The highest BCUT2D eigenvalue weighted by atomic mass is 32.2. The molecule has 1 aliphatic heterocycles. The maximum Gasteiger partial charge on any atom is 0.279 e. The summed E-state index contributed by atoms with van der Waals surface area (Å²) < 4.78 is 29.6. The van der Waals surface area contributed by atoms with E-state index in [2.05, 4.69) is 10.0 Å². The van der Waals surface area contributed by atoms with Crippen molar-refractivity contribution >= 4 is 10.2 Å². The van der Waals surface area contributed by atoms with Crippen LogP contribution in [0.15, 0.2) is 0 Å². The fourth-order valence-corrected chi connectivity index (χ4v) is 6.82. The molecule has 5 atom stereocenters. The second-order valence-electron chi connectivity index (χ2n) is 7.03. The van der Waals surface area contributed by atoms with E-state index >= 15 is 0 Å². The van der Waals surface area contributed by atoms with Crippen molar-refractivity contribution in [1.82, 2.24) is 14.3 Å². The molecule has 3 aliphatic carbocycles. The second-order valence-corrected chi connectivity index (χ2v) is 8.73. The maximum atomic E-state index is 12.5.